The average molecular weight is 261 g/mol. The molecule has 2 aromatic carbocycles. The molecule has 0 aliphatic carbocycles. The van der Waals surface area contributed by atoms with Crippen LogP contribution in [-0.2, 0) is 0 Å². The first-order valence-electron chi connectivity index (χ1n) is 6.56. The lowest BCUT2D eigenvalue weighted by molar-refractivity contribution is 0.470. The van der Waals surface area contributed by atoms with E-state index in [1.165, 1.54) is 5.56 Å². The summed E-state index contributed by atoms with van der Waals surface area (Å²) in [6, 6.07) is 20.2. The molecule has 20 heavy (non-hydrogen) atoms. The normalized spacial score (nSPS) is 10.4. The molecule has 0 fully saturated rings. The molecule has 0 bridgehead atoms. The van der Waals surface area contributed by atoms with Crippen molar-refractivity contribution in [2.75, 3.05) is 0 Å². The van der Waals surface area contributed by atoms with E-state index in [1.54, 1.807) is 13.1 Å². The molecular formula is C18H15NO. The van der Waals surface area contributed by atoms with Crippen LogP contribution in [0.2, 0.25) is 0 Å². The highest BCUT2D eigenvalue weighted by Crippen LogP contribution is 2.32. The molecule has 0 radical (unpaired) electrons. The summed E-state index contributed by atoms with van der Waals surface area (Å²) in [6.45, 7) is 1.81. The number of pyridine rings is 1. The Morgan fingerprint density at radius 3 is 2.30 bits per heavy atom. The predicted molar refractivity (Wildman–Crippen MR) is 81.5 cm³/mol. The summed E-state index contributed by atoms with van der Waals surface area (Å²) in [7, 11) is 0. The zero-order valence-electron chi connectivity index (χ0n) is 11.2. The molecule has 1 N–H and O–H groups in total. The molecule has 2 heteroatoms. The van der Waals surface area contributed by atoms with Gasteiger partial charge < -0.3 is 5.11 Å². The monoisotopic (exact) mass is 261 g/mol. The second-order valence-electron chi connectivity index (χ2n) is 4.74. The van der Waals surface area contributed by atoms with Crippen LogP contribution in [0.4, 0.5) is 0 Å². The Balaban J connectivity index is 2.10. The number of aromatic hydroxyl groups is 1. The standard InChI is InChI=1S/C18H15NO/c1-13-18(20)17(10-11-19-13)16-9-5-8-15(12-16)14-6-3-2-4-7-14/h2-12,20H,1H3. The van der Waals surface area contributed by atoms with E-state index in [9.17, 15) is 5.11 Å². The van der Waals surface area contributed by atoms with Crippen LogP contribution >= 0.6 is 0 Å². The van der Waals surface area contributed by atoms with Gasteiger partial charge in [0.25, 0.3) is 0 Å². The molecule has 0 aliphatic heterocycles. The number of rotatable bonds is 2. The Morgan fingerprint density at radius 1 is 0.800 bits per heavy atom. The van der Waals surface area contributed by atoms with Gasteiger partial charge in [-0.15, -0.1) is 0 Å². The summed E-state index contributed by atoms with van der Waals surface area (Å²) in [6.07, 6.45) is 1.72. The molecule has 1 aromatic heterocycles. The lowest BCUT2D eigenvalue weighted by Crippen LogP contribution is -1.86. The minimum atomic E-state index is 0.248. The van der Waals surface area contributed by atoms with Crippen LogP contribution in [0.3, 0.4) is 0 Å². The van der Waals surface area contributed by atoms with Gasteiger partial charge in [-0.1, -0.05) is 48.5 Å². The summed E-state index contributed by atoms with van der Waals surface area (Å²) in [5, 5.41) is 10.1. The highest BCUT2D eigenvalue weighted by Gasteiger charge is 2.08. The lowest BCUT2D eigenvalue weighted by atomic mass is 9.99. The maximum atomic E-state index is 10.1. The third-order valence-corrected chi connectivity index (χ3v) is 3.39. The zero-order valence-corrected chi connectivity index (χ0v) is 11.2. The van der Waals surface area contributed by atoms with E-state index >= 15 is 0 Å². The van der Waals surface area contributed by atoms with E-state index in [1.807, 2.05) is 36.4 Å². The third kappa shape index (κ3) is 2.28. The van der Waals surface area contributed by atoms with Crippen molar-refractivity contribution in [3.63, 3.8) is 0 Å². The number of aryl methyl sites for hydroxylation is 1. The fourth-order valence-corrected chi connectivity index (χ4v) is 2.29. The number of hydrogen-bond acceptors (Lipinski definition) is 2. The lowest BCUT2D eigenvalue weighted by Gasteiger charge is -2.08. The first-order valence-corrected chi connectivity index (χ1v) is 6.56. The van der Waals surface area contributed by atoms with Crippen molar-refractivity contribution in [2.45, 2.75) is 6.92 Å². The van der Waals surface area contributed by atoms with Gasteiger partial charge in [0.15, 0.2) is 0 Å². The van der Waals surface area contributed by atoms with Crippen LogP contribution in [0.1, 0.15) is 5.69 Å². The summed E-state index contributed by atoms with van der Waals surface area (Å²) in [5.74, 6) is 0.248. The highest BCUT2D eigenvalue weighted by molar-refractivity contribution is 5.76. The van der Waals surface area contributed by atoms with Crippen LogP contribution in [0, 0.1) is 6.92 Å². The highest BCUT2D eigenvalue weighted by atomic mass is 16.3. The van der Waals surface area contributed by atoms with Crippen molar-refractivity contribution in [1.82, 2.24) is 4.98 Å². The summed E-state index contributed by atoms with van der Waals surface area (Å²) < 4.78 is 0. The van der Waals surface area contributed by atoms with Gasteiger partial charge in [-0.05, 0) is 35.7 Å². The van der Waals surface area contributed by atoms with Crippen LogP contribution < -0.4 is 0 Å². The van der Waals surface area contributed by atoms with E-state index in [2.05, 4.69) is 29.2 Å². The van der Waals surface area contributed by atoms with Gasteiger partial charge >= 0.3 is 0 Å². The smallest absolute Gasteiger partial charge is 0.144 e. The van der Waals surface area contributed by atoms with E-state index in [0.717, 1.165) is 16.7 Å². The van der Waals surface area contributed by atoms with Crippen molar-refractivity contribution in [2.24, 2.45) is 0 Å². The molecule has 2 nitrogen and oxygen atoms in total. The van der Waals surface area contributed by atoms with E-state index in [-0.39, 0.29) is 5.75 Å². The molecule has 0 spiro atoms. The third-order valence-electron chi connectivity index (χ3n) is 3.39. The Kier molecular flexibility index (Phi) is 3.21. The summed E-state index contributed by atoms with van der Waals surface area (Å²) >= 11 is 0. The van der Waals surface area contributed by atoms with Crippen molar-refractivity contribution in [3.8, 4) is 28.0 Å². The van der Waals surface area contributed by atoms with E-state index in [0.29, 0.717) is 5.69 Å². The molecular weight excluding hydrogens is 246 g/mol. The van der Waals surface area contributed by atoms with Gasteiger partial charge in [0.1, 0.15) is 5.75 Å². The van der Waals surface area contributed by atoms with Crippen molar-refractivity contribution < 1.29 is 5.11 Å². The fraction of sp³-hybridized carbons (Fsp3) is 0.0556. The van der Waals surface area contributed by atoms with Gasteiger partial charge in [-0.3, -0.25) is 4.98 Å². The molecule has 0 atom stereocenters. The molecule has 0 saturated carbocycles. The average Bonchev–Trinajstić information content (AvgIpc) is 2.51. The molecule has 0 aliphatic rings. The van der Waals surface area contributed by atoms with Crippen molar-refractivity contribution in [1.29, 1.82) is 0 Å². The second-order valence-corrected chi connectivity index (χ2v) is 4.74. The topological polar surface area (TPSA) is 33.1 Å². The molecule has 3 aromatic rings. The van der Waals surface area contributed by atoms with Gasteiger partial charge in [0, 0.05) is 11.8 Å². The van der Waals surface area contributed by atoms with Crippen molar-refractivity contribution >= 4 is 0 Å². The Labute approximate surface area is 118 Å². The van der Waals surface area contributed by atoms with E-state index in [4.69, 9.17) is 0 Å². The minimum absolute atomic E-state index is 0.248. The first kappa shape index (κ1) is 12.4. The molecule has 0 unspecified atom stereocenters. The maximum Gasteiger partial charge on any atom is 0.144 e. The minimum Gasteiger partial charge on any atom is -0.505 e. The predicted octanol–water partition coefficient (Wildman–Crippen LogP) is 4.43. The molecule has 3 rings (SSSR count). The van der Waals surface area contributed by atoms with Gasteiger partial charge in [-0.25, -0.2) is 0 Å². The van der Waals surface area contributed by atoms with Crippen molar-refractivity contribution in [3.05, 3.63) is 72.6 Å². The number of hydrogen-bond donors (Lipinski definition) is 1. The SMILES string of the molecule is Cc1nccc(-c2cccc(-c3ccccc3)c2)c1O. The van der Waals surface area contributed by atoms with Crippen LogP contribution in [0.25, 0.3) is 22.3 Å². The number of benzene rings is 2. The molecule has 0 amide bonds. The first-order chi connectivity index (χ1) is 9.75. The fourth-order valence-electron chi connectivity index (χ4n) is 2.29. The molecule has 98 valence electrons. The zero-order chi connectivity index (χ0) is 13.9. The second kappa shape index (κ2) is 5.17. The Hall–Kier alpha value is -2.61. The molecule has 1 heterocycles. The molecule has 0 saturated heterocycles. The van der Waals surface area contributed by atoms with Gasteiger partial charge in [-0.2, -0.15) is 0 Å². The maximum absolute atomic E-state index is 10.1. The number of nitrogens with zero attached hydrogens (tertiary/aromatic N) is 1. The van der Waals surface area contributed by atoms with Gasteiger partial charge in [0.2, 0.25) is 0 Å². The van der Waals surface area contributed by atoms with Crippen LogP contribution in [0.5, 0.6) is 5.75 Å². The Morgan fingerprint density at radius 2 is 1.50 bits per heavy atom. The van der Waals surface area contributed by atoms with Crippen LogP contribution in [-0.4, -0.2) is 10.1 Å². The van der Waals surface area contributed by atoms with Gasteiger partial charge in [0.05, 0.1) is 5.69 Å². The summed E-state index contributed by atoms with van der Waals surface area (Å²) in [5.41, 5.74) is 4.76. The quantitative estimate of drug-likeness (QED) is 0.740. The summed E-state index contributed by atoms with van der Waals surface area (Å²) in [4.78, 5) is 4.10. The van der Waals surface area contributed by atoms with Crippen LogP contribution in [0.15, 0.2) is 66.9 Å². The number of aromatic nitrogens is 1. The largest absolute Gasteiger partial charge is 0.505 e. The Bertz CT molecular complexity index is 735. The van der Waals surface area contributed by atoms with E-state index < -0.39 is 0 Å².